The van der Waals surface area contributed by atoms with Gasteiger partial charge in [-0.1, -0.05) is 43.2 Å². The number of aliphatic carboxylic acids is 1. The van der Waals surface area contributed by atoms with Crippen molar-refractivity contribution in [1.29, 1.82) is 0 Å². The van der Waals surface area contributed by atoms with Crippen LogP contribution in [0, 0.1) is 11.8 Å². The molecule has 0 spiro atoms. The van der Waals surface area contributed by atoms with Gasteiger partial charge in [-0.2, -0.15) is 4.84 Å². The highest BCUT2D eigenvalue weighted by Gasteiger charge is 2.44. The van der Waals surface area contributed by atoms with E-state index in [9.17, 15) is 19.8 Å². The van der Waals surface area contributed by atoms with Gasteiger partial charge in [-0.25, -0.2) is 0 Å². The number of hydroxylamine groups is 1. The number of hydrogen-bond acceptors (Lipinski definition) is 5. The smallest absolute Gasteiger partial charge is 0.481 e. The van der Waals surface area contributed by atoms with E-state index in [-0.39, 0.29) is 0 Å². The van der Waals surface area contributed by atoms with Crippen LogP contribution in [0.3, 0.4) is 0 Å². The molecule has 0 bridgehead atoms. The molecular weight excluding hydrogens is 298 g/mol. The molecule has 1 aliphatic rings. The van der Waals surface area contributed by atoms with Crippen molar-refractivity contribution in [2.45, 2.75) is 44.8 Å². The summed E-state index contributed by atoms with van der Waals surface area (Å²) in [5, 5.41) is 19.4. The summed E-state index contributed by atoms with van der Waals surface area (Å²) in [6.07, 6.45) is 1.83. The van der Waals surface area contributed by atoms with E-state index in [2.05, 4.69) is 5.48 Å². The predicted molar refractivity (Wildman–Crippen MR) is 83.2 cm³/mol. The lowest BCUT2D eigenvalue weighted by Crippen LogP contribution is -2.40. The fourth-order valence-corrected chi connectivity index (χ4v) is 2.94. The highest BCUT2D eigenvalue weighted by atomic mass is 16.7. The van der Waals surface area contributed by atoms with E-state index in [0.717, 1.165) is 12.8 Å². The molecule has 1 aromatic rings. The fourth-order valence-electron chi connectivity index (χ4n) is 2.94. The molecule has 0 heterocycles. The van der Waals surface area contributed by atoms with Gasteiger partial charge in [-0.05, 0) is 30.8 Å². The maximum Gasteiger partial charge on any atom is 0.601 e. The molecule has 1 saturated carbocycles. The molecule has 1 fully saturated rings. The summed E-state index contributed by atoms with van der Waals surface area (Å²) < 4.78 is 0. The average Bonchev–Trinajstić information content (AvgIpc) is 2.59. The highest BCUT2D eigenvalue weighted by Crippen LogP contribution is 2.31. The molecule has 6 heteroatoms. The first-order chi connectivity index (χ1) is 11.0. The zero-order valence-electron chi connectivity index (χ0n) is 13.1. The topological polar surface area (TPSA) is 98.7 Å². The molecule has 2 rings (SSSR count). The van der Waals surface area contributed by atoms with E-state index in [1.54, 1.807) is 19.1 Å². The molecular formula is C17H23NO5+. The van der Waals surface area contributed by atoms with E-state index >= 15 is 0 Å². The van der Waals surface area contributed by atoms with Crippen LogP contribution in [-0.2, 0) is 14.4 Å². The van der Waals surface area contributed by atoms with Crippen molar-refractivity contribution in [3.05, 3.63) is 35.9 Å². The molecule has 0 unspecified atom stereocenters. The van der Waals surface area contributed by atoms with Crippen molar-refractivity contribution in [2.24, 2.45) is 11.8 Å². The van der Waals surface area contributed by atoms with Crippen LogP contribution in [0.1, 0.15) is 44.3 Å². The Labute approximate surface area is 135 Å². The molecule has 1 aromatic carbocycles. The lowest BCUT2D eigenvalue weighted by molar-refractivity contribution is -0.168. The summed E-state index contributed by atoms with van der Waals surface area (Å²) in [4.78, 5) is 28.4. The molecule has 4 atom stereocenters. The number of carboxylic acids is 1. The van der Waals surface area contributed by atoms with E-state index < -0.39 is 35.9 Å². The van der Waals surface area contributed by atoms with Gasteiger partial charge >= 0.3 is 11.9 Å². The van der Waals surface area contributed by atoms with Crippen molar-refractivity contribution in [2.75, 3.05) is 0 Å². The Balaban J connectivity index is 1.89. The largest absolute Gasteiger partial charge is 0.601 e. The molecule has 23 heavy (non-hydrogen) atoms. The Hall–Kier alpha value is -1.92. The van der Waals surface area contributed by atoms with Gasteiger partial charge in [-0.15, -0.1) is 0 Å². The lowest BCUT2D eigenvalue weighted by atomic mass is 9.79. The minimum absolute atomic E-state index is 0.497. The van der Waals surface area contributed by atoms with Gasteiger partial charge < -0.3 is 10.2 Å². The van der Waals surface area contributed by atoms with Gasteiger partial charge in [0.05, 0.1) is 22.9 Å². The second-order valence-corrected chi connectivity index (χ2v) is 6.02. The SMILES string of the molecule is C[C@@H](NOC(=[O+])[C@@H]1CCCC[C@H]1C(=O)O)[C@@H](O)c1ccccc1. The molecule has 1 aliphatic carbocycles. The van der Waals surface area contributed by atoms with Gasteiger partial charge in [0, 0.05) is 0 Å². The number of carbonyl (C=O) groups excluding carboxylic acids is 1. The van der Waals surface area contributed by atoms with Gasteiger partial charge in [0.15, 0.2) is 0 Å². The number of benzene rings is 1. The van der Waals surface area contributed by atoms with Gasteiger partial charge in [0.2, 0.25) is 0 Å². The van der Waals surface area contributed by atoms with Crippen molar-refractivity contribution in [1.82, 2.24) is 5.48 Å². The average molecular weight is 321 g/mol. The van der Waals surface area contributed by atoms with Crippen LogP contribution in [0.4, 0.5) is 0 Å². The molecule has 0 aromatic heterocycles. The zero-order valence-corrected chi connectivity index (χ0v) is 13.1. The summed E-state index contributed by atoms with van der Waals surface area (Å²) >= 11 is 0. The lowest BCUT2D eigenvalue weighted by Gasteiger charge is -2.22. The van der Waals surface area contributed by atoms with Crippen LogP contribution in [-0.4, -0.2) is 28.2 Å². The first kappa shape index (κ1) is 17.4. The number of rotatable bonds is 6. The van der Waals surface area contributed by atoms with Gasteiger partial charge in [-0.3, -0.25) is 4.79 Å². The molecule has 6 nitrogen and oxygen atoms in total. The van der Waals surface area contributed by atoms with Crippen LogP contribution in [0.25, 0.3) is 0 Å². The standard InChI is InChI=1S/C17H23NO5/c1-11(15(19)12-7-3-2-4-8-12)18-23-17(22)14-10-6-5-9-13(14)16(20)21/h2-4,7-8,11,13-15,18-19H,5-6,9-10H2,1H3,(H,20,21)/q+1/t11-,13-,14-,15-/m1/s1. The van der Waals surface area contributed by atoms with Crippen LogP contribution >= 0.6 is 0 Å². The predicted octanol–water partition coefficient (Wildman–Crippen LogP) is 2.05. The van der Waals surface area contributed by atoms with Crippen LogP contribution < -0.4 is 5.48 Å². The minimum atomic E-state index is -0.955. The molecule has 0 amide bonds. The monoisotopic (exact) mass is 321 g/mol. The number of aliphatic hydroxyl groups excluding tert-OH is 1. The minimum Gasteiger partial charge on any atom is -0.481 e. The van der Waals surface area contributed by atoms with Crippen LogP contribution in [0.15, 0.2) is 30.3 Å². The van der Waals surface area contributed by atoms with Gasteiger partial charge in [0.1, 0.15) is 5.92 Å². The van der Waals surface area contributed by atoms with E-state index in [0.29, 0.717) is 18.4 Å². The Morgan fingerprint density at radius 3 is 2.48 bits per heavy atom. The third kappa shape index (κ3) is 4.53. The Bertz CT molecular complexity index is 533. The van der Waals surface area contributed by atoms with Crippen molar-refractivity contribution >= 4 is 11.9 Å². The number of aliphatic hydroxyl groups is 1. The molecule has 3 N–H and O–H groups in total. The number of carbonyl (C=O) groups is 2. The maximum atomic E-state index is 12.1. The summed E-state index contributed by atoms with van der Waals surface area (Å²) in [7, 11) is 0. The summed E-state index contributed by atoms with van der Waals surface area (Å²) in [6.45, 7) is 1.69. The Kier molecular flexibility index (Phi) is 6.12. The summed E-state index contributed by atoms with van der Waals surface area (Å²) in [5.41, 5.74) is 3.26. The first-order valence-electron chi connectivity index (χ1n) is 7.92. The normalized spacial score (nSPS) is 23.7. The molecule has 1 radical (unpaired) electrons. The molecule has 125 valence electrons. The van der Waals surface area contributed by atoms with E-state index in [4.69, 9.17) is 4.84 Å². The second-order valence-electron chi connectivity index (χ2n) is 6.02. The third-order valence-electron chi connectivity index (χ3n) is 4.35. The first-order valence-corrected chi connectivity index (χ1v) is 7.92. The third-order valence-corrected chi connectivity index (χ3v) is 4.35. The van der Waals surface area contributed by atoms with Crippen molar-refractivity contribution in [3.63, 3.8) is 0 Å². The Morgan fingerprint density at radius 2 is 1.87 bits per heavy atom. The number of carboxylic acid groups (broad SMARTS) is 1. The number of nitrogens with one attached hydrogen (secondary N) is 1. The van der Waals surface area contributed by atoms with Crippen molar-refractivity contribution < 1.29 is 24.6 Å². The Morgan fingerprint density at radius 1 is 1.26 bits per heavy atom. The fraction of sp³-hybridized carbons (Fsp3) is 0.529. The maximum absolute atomic E-state index is 12.1. The quantitative estimate of drug-likeness (QED) is 0.548. The molecule has 0 aliphatic heterocycles. The van der Waals surface area contributed by atoms with Crippen LogP contribution in [0.2, 0.25) is 0 Å². The van der Waals surface area contributed by atoms with E-state index in [1.165, 1.54) is 0 Å². The molecule has 0 saturated heterocycles. The number of hydrogen-bond donors (Lipinski definition) is 3. The summed E-state index contributed by atoms with van der Waals surface area (Å²) in [6, 6.07) is 8.54. The second kappa shape index (κ2) is 8.08. The highest BCUT2D eigenvalue weighted by molar-refractivity contribution is 5.81. The zero-order chi connectivity index (χ0) is 16.8. The summed E-state index contributed by atoms with van der Waals surface area (Å²) in [5.74, 6) is -2.84. The van der Waals surface area contributed by atoms with Crippen LogP contribution in [0.5, 0.6) is 0 Å². The van der Waals surface area contributed by atoms with Crippen molar-refractivity contribution in [3.8, 4) is 0 Å². The van der Waals surface area contributed by atoms with Gasteiger partial charge in [0.25, 0.3) is 0 Å². The van der Waals surface area contributed by atoms with E-state index in [1.807, 2.05) is 18.2 Å².